The third-order valence-corrected chi connectivity index (χ3v) is 4.84. The van der Waals surface area contributed by atoms with Gasteiger partial charge in [-0.1, -0.05) is 12.8 Å². The SMILES string of the molecule is Cc1cc(C(=O)O)ccc1NC1CCCC(C2CC2)C1. The minimum Gasteiger partial charge on any atom is -0.478 e. The smallest absolute Gasteiger partial charge is 0.335 e. The molecule has 1 aromatic carbocycles. The van der Waals surface area contributed by atoms with Crippen molar-refractivity contribution in [2.45, 2.75) is 51.5 Å². The lowest BCUT2D eigenvalue weighted by molar-refractivity contribution is 0.0697. The molecule has 20 heavy (non-hydrogen) atoms. The van der Waals surface area contributed by atoms with E-state index in [9.17, 15) is 4.79 Å². The van der Waals surface area contributed by atoms with Crippen LogP contribution in [0.25, 0.3) is 0 Å². The Bertz CT molecular complexity index is 508. The van der Waals surface area contributed by atoms with Gasteiger partial charge in [0.15, 0.2) is 0 Å². The first-order valence-electron chi connectivity index (χ1n) is 7.74. The number of carbonyl (C=O) groups is 1. The van der Waals surface area contributed by atoms with Gasteiger partial charge in [0.25, 0.3) is 0 Å². The molecule has 2 unspecified atom stereocenters. The first-order chi connectivity index (χ1) is 9.63. The highest BCUT2D eigenvalue weighted by molar-refractivity contribution is 5.88. The van der Waals surface area contributed by atoms with Crippen LogP contribution < -0.4 is 5.32 Å². The topological polar surface area (TPSA) is 49.3 Å². The molecule has 2 N–H and O–H groups in total. The van der Waals surface area contributed by atoms with Crippen LogP contribution in [0.2, 0.25) is 0 Å². The molecule has 1 aromatic rings. The van der Waals surface area contributed by atoms with Gasteiger partial charge in [0.2, 0.25) is 0 Å². The molecule has 3 nitrogen and oxygen atoms in total. The Hall–Kier alpha value is -1.51. The fourth-order valence-electron chi connectivity index (χ4n) is 3.53. The molecule has 0 aliphatic heterocycles. The third kappa shape index (κ3) is 2.97. The molecule has 2 atom stereocenters. The molecule has 0 bridgehead atoms. The van der Waals surface area contributed by atoms with Gasteiger partial charge in [-0.3, -0.25) is 0 Å². The molecule has 0 aromatic heterocycles. The molecule has 3 rings (SSSR count). The van der Waals surface area contributed by atoms with Crippen molar-refractivity contribution in [3.8, 4) is 0 Å². The molecular formula is C17H23NO2. The molecule has 2 saturated carbocycles. The lowest BCUT2D eigenvalue weighted by Crippen LogP contribution is -2.28. The maximum atomic E-state index is 11.0. The lowest BCUT2D eigenvalue weighted by Gasteiger charge is -2.31. The van der Waals surface area contributed by atoms with E-state index in [0.717, 1.165) is 23.1 Å². The van der Waals surface area contributed by atoms with Gasteiger partial charge >= 0.3 is 5.97 Å². The standard InChI is InChI=1S/C17H23NO2/c1-11-9-14(17(19)20)7-8-16(11)18-15-4-2-3-13(10-15)12-5-6-12/h7-9,12-13,15,18H,2-6,10H2,1H3,(H,19,20). The van der Waals surface area contributed by atoms with Crippen LogP contribution in [0, 0.1) is 18.8 Å². The minimum absolute atomic E-state index is 0.368. The predicted molar refractivity (Wildman–Crippen MR) is 80.2 cm³/mol. The van der Waals surface area contributed by atoms with Crippen molar-refractivity contribution < 1.29 is 9.90 Å². The lowest BCUT2D eigenvalue weighted by atomic mass is 9.82. The van der Waals surface area contributed by atoms with E-state index in [1.54, 1.807) is 12.1 Å². The second kappa shape index (κ2) is 5.47. The first kappa shape index (κ1) is 13.5. The first-order valence-corrected chi connectivity index (χ1v) is 7.74. The second-order valence-corrected chi connectivity index (χ2v) is 6.44. The van der Waals surface area contributed by atoms with Gasteiger partial charge in [-0.15, -0.1) is 0 Å². The Morgan fingerprint density at radius 1 is 1.20 bits per heavy atom. The predicted octanol–water partition coefficient (Wildman–Crippen LogP) is 4.07. The molecule has 0 heterocycles. The van der Waals surface area contributed by atoms with E-state index in [-0.39, 0.29) is 0 Å². The minimum atomic E-state index is -0.855. The third-order valence-electron chi connectivity index (χ3n) is 4.84. The van der Waals surface area contributed by atoms with E-state index in [2.05, 4.69) is 5.32 Å². The Kier molecular flexibility index (Phi) is 3.68. The molecule has 0 spiro atoms. The van der Waals surface area contributed by atoms with Gasteiger partial charge in [-0.2, -0.15) is 0 Å². The number of aromatic carboxylic acids is 1. The molecule has 0 saturated heterocycles. The highest BCUT2D eigenvalue weighted by atomic mass is 16.4. The van der Waals surface area contributed by atoms with Gasteiger partial charge in [0.05, 0.1) is 5.56 Å². The number of carboxylic acids is 1. The van der Waals surface area contributed by atoms with E-state index >= 15 is 0 Å². The average Bonchev–Trinajstić information content (AvgIpc) is 3.25. The summed E-state index contributed by atoms with van der Waals surface area (Å²) in [7, 11) is 0. The van der Waals surface area contributed by atoms with Gasteiger partial charge in [-0.05, 0) is 68.2 Å². The van der Waals surface area contributed by atoms with Crippen molar-refractivity contribution in [1.82, 2.24) is 0 Å². The Morgan fingerprint density at radius 2 is 2.00 bits per heavy atom. The van der Waals surface area contributed by atoms with Crippen molar-refractivity contribution in [3.63, 3.8) is 0 Å². The molecule has 3 heteroatoms. The van der Waals surface area contributed by atoms with Crippen LogP contribution in [0.15, 0.2) is 18.2 Å². The molecule has 2 fully saturated rings. The van der Waals surface area contributed by atoms with Crippen LogP contribution in [0.5, 0.6) is 0 Å². The zero-order valence-electron chi connectivity index (χ0n) is 12.1. The zero-order chi connectivity index (χ0) is 14.1. The van der Waals surface area contributed by atoms with Crippen LogP contribution in [0.1, 0.15) is 54.4 Å². The van der Waals surface area contributed by atoms with Crippen molar-refractivity contribution in [2.75, 3.05) is 5.32 Å². The maximum Gasteiger partial charge on any atom is 0.335 e. The van der Waals surface area contributed by atoms with Gasteiger partial charge < -0.3 is 10.4 Å². The Labute approximate surface area is 120 Å². The van der Waals surface area contributed by atoms with E-state index in [1.165, 1.54) is 38.5 Å². The van der Waals surface area contributed by atoms with Crippen LogP contribution in [-0.2, 0) is 0 Å². The van der Waals surface area contributed by atoms with E-state index in [4.69, 9.17) is 5.11 Å². The van der Waals surface area contributed by atoms with Crippen LogP contribution >= 0.6 is 0 Å². The van der Waals surface area contributed by atoms with Crippen LogP contribution in [-0.4, -0.2) is 17.1 Å². The quantitative estimate of drug-likeness (QED) is 0.869. The number of carboxylic acid groups (broad SMARTS) is 1. The van der Waals surface area contributed by atoms with Crippen molar-refractivity contribution >= 4 is 11.7 Å². The monoisotopic (exact) mass is 273 g/mol. The number of aryl methyl sites for hydroxylation is 1. The summed E-state index contributed by atoms with van der Waals surface area (Å²) in [4.78, 5) is 11.0. The highest BCUT2D eigenvalue weighted by Crippen LogP contribution is 2.44. The largest absolute Gasteiger partial charge is 0.478 e. The fourth-order valence-corrected chi connectivity index (χ4v) is 3.53. The number of rotatable bonds is 4. The molecule has 2 aliphatic rings. The van der Waals surface area contributed by atoms with Gasteiger partial charge in [-0.25, -0.2) is 4.79 Å². The molecule has 0 radical (unpaired) electrons. The van der Waals surface area contributed by atoms with Gasteiger partial charge in [0.1, 0.15) is 0 Å². The summed E-state index contributed by atoms with van der Waals surface area (Å²) in [6, 6.07) is 5.92. The van der Waals surface area contributed by atoms with E-state index in [1.807, 2.05) is 13.0 Å². The summed E-state index contributed by atoms with van der Waals surface area (Å²) in [5.74, 6) is 1.06. The van der Waals surface area contributed by atoms with Crippen LogP contribution in [0.3, 0.4) is 0 Å². The normalized spacial score (nSPS) is 26.2. The summed E-state index contributed by atoms with van der Waals surface area (Å²) in [6.45, 7) is 1.98. The second-order valence-electron chi connectivity index (χ2n) is 6.44. The van der Waals surface area contributed by atoms with Crippen molar-refractivity contribution in [2.24, 2.45) is 11.8 Å². The van der Waals surface area contributed by atoms with Gasteiger partial charge in [0, 0.05) is 11.7 Å². The highest BCUT2D eigenvalue weighted by Gasteiger charge is 2.34. The molecular weight excluding hydrogens is 250 g/mol. The summed E-state index contributed by atoms with van der Waals surface area (Å²) in [5, 5.41) is 12.6. The number of benzene rings is 1. The summed E-state index contributed by atoms with van der Waals surface area (Å²) in [6.07, 6.45) is 8.12. The molecule has 0 amide bonds. The molecule has 108 valence electrons. The molecule has 2 aliphatic carbocycles. The Morgan fingerprint density at radius 3 is 2.65 bits per heavy atom. The van der Waals surface area contributed by atoms with Crippen molar-refractivity contribution in [1.29, 1.82) is 0 Å². The van der Waals surface area contributed by atoms with E-state index < -0.39 is 5.97 Å². The van der Waals surface area contributed by atoms with Crippen LogP contribution in [0.4, 0.5) is 5.69 Å². The average molecular weight is 273 g/mol. The Balaban J connectivity index is 1.66. The van der Waals surface area contributed by atoms with E-state index in [0.29, 0.717) is 11.6 Å². The zero-order valence-corrected chi connectivity index (χ0v) is 12.1. The van der Waals surface area contributed by atoms with Crippen molar-refractivity contribution in [3.05, 3.63) is 29.3 Å². The summed E-state index contributed by atoms with van der Waals surface area (Å²) < 4.78 is 0. The fraction of sp³-hybridized carbons (Fsp3) is 0.588. The maximum absolute atomic E-state index is 11.0. The number of nitrogens with one attached hydrogen (secondary N) is 1. The summed E-state index contributed by atoms with van der Waals surface area (Å²) in [5.41, 5.74) is 2.49. The number of anilines is 1. The number of hydrogen-bond acceptors (Lipinski definition) is 2. The number of hydrogen-bond donors (Lipinski definition) is 2. The summed E-state index contributed by atoms with van der Waals surface area (Å²) >= 11 is 0.